The topological polar surface area (TPSA) is 95.8 Å². The molecule has 5 aromatic rings. The molecule has 1 saturated heterocycles. The van der Waals surface area contributed by atoms with Gasteiger partial charge in [0.2, 0.25) is 0 Å². The first-order chi connectivity index (χ1) is 17.6. The van der Waals surface area contributed by atoms with Crippen LogP contribution in [-0.4, -0.2) is 52.6 Å². The molecule has 1 aliphatic rings. The Kier molecular flexibility index (Phi) is 5.74. The smallest absolute Gasteiger partial charge is 0.118 e. The van der Waals surface area contributed by atoms with Gasteiger partial charge in [-0.1, -0.05) is 5.21 Å². The zero-order valence-electron chi connectivity index (χ0n) is 22.2. The molecule has 10 heteroatoms. The maximum Gasteiger partial charge on any atom is 0.118 e. The zero-order chi connectivity index (χ0) is 26.1. The second-order valence-electron chi connectivity index (χ2n) is 10.7. The number of aromatic nitrogens is 7. The summed E-state index contributed by atoms with van der Waals surface area (Å²) in [6.07, 6.45) is 3.83. The Hall–Kier alpha value is -3.08. The average molecular weight is 520 g/mol. The molecule has 0 spiro atoms. The molecule has 194 valence electrons. The minimum atomic E-state index is -1.12. The molecule has 37 heavy (non-hydrogen) atoms. The molecule has 1 fully saturated rings. The molecule has 0 aromatic carbocycles. The van der Waals surface area contributed by atoms with Gasteiger partial charge in [-0.25, -0.2) is 4.68 Å². The Morgan fingerprint density at radius 1 is 1.11 bits per heavy atom. The summed E-state index contributed by atoms with van der Waals surface area (Å²) in [5.74, 6) is 0.375. The SMILES string of the molecule is Cc1cc(C(C2CCOCC2)n2c3cc(-c4c(C)nnn4C)cnc3c3c2c(C(C)(C)O)nn3C)cs1. The Bertz CT molecular complexity index is 1590. The molecular weight excluding hydrogens is 486 g/mol. The van der Waals surface area contributed by atoms with Gasteiger partial charge >= 0.3 is 0 Å². The van der Waals surface area contributed by atoms with Crippen LogP contribution in [0.25, 0.3) is 33.3 Å². The fraction of sp³-hybridized carbons (Fsp3) is 0.481. The van der Waals surface area contributed by atoms with Crippen molar-refractivity contribution in [2.75, 3.05) is 13.2 Å². The van der Waals surface area contributed by atoms with Crippen molar-refractivity contribution < 1.29 is 9.84 Å². The first-order valence-electron chi connectivity index (χ1n) is 12.7. The number of aliphatic hydroxyl groups is 1. The van der Waals surface area contributed by atoms with Gasteiger partial charge in [-0.2, -0.15) is 5.10 Å². The molecule has 0 radical (unpaired) electrons. The van der Waals surface area contributed by atoms with Gasteiger partial charge in [0.05, 0.1) is 28.5 Å². The van der Waals surface area contributed by atoms with Crippen molar-refractivity contribution in [3.05, 3.63) is 45.5 Å². The van der Waals surface area contributed by atoms with Crippen molar-refractivity contribution in [1.29, 1.82) is 0 Å². The highest BCUT2D eigenvalue weighted by Crippen LogP contribution is 2.44. The van der Waals surface area contributed by atoms with Crippen LogP contribution in [0.15, 0.2) is 23.7 Å². The highest BCUT2D eigenvalue weighted by molar-refractivity contribution is 7.10. The van der Waals surface area contributed by atoms with E-state index >= 15 is 0 Å². The number of hydrogen-bond acceptors (Lipinski definition) is 7. The summed E-state index contributed by atoms with van der Waals surface area (Å²) in [6, 6.07) is 4.56. The van der Waals surface area contributed by atoms with Crippen LogP contribution in [0.2, 0.25) is 0 Å². The normalized spacial score (nSPS) is 16.3. The van der Waals surface area contributed by atoms with Crippen LogP contribution in [0.3, 0.4) is 0 Å². The summed E-state index contributed by atoms with van der Waals surface area (Å²) < 4.78 is 11.8. The molecule has 9 nitrogen and oxygen atoms in total. The molecule has 0 amide bonds. The zero-order valence-corrected chi connectivity index (χ0v) is 23.0. The fourth-order valence-corrected chi connectivity index (χ4v) is 6.65. The lowest BCUT2D eigenvalue weighted by Crippen LogP contribution is -2.27. The molecule has 0 bridgehead atoms. The number of nitrogens with zero attached hydrogens (tertiary/aromatic N) is 7. The number of rotatable bonds is 5. The molecule has 5 aromatic heterocycles. The highest BCUT2D eigenvalue weighted by Gasteiger charge is 2.35. The van der Waals surface area contributed by atoms with Crippen molar-refractivity contribution in [2.45, 2.75) is 52.2 Å². The van der Waals surface area contributed by atoms with Gasteiger partial charge in [-0.05, 0) is 69.5 Å². The third-order valence-corrected chi connectivity index (χ3v) is 8.43. The molecule has 0 aliphatic carbocycles. The predicted octanol–water partition coefficient (Wildman–Crippen LogP) is 4.64. The van der Waals surface area contributed by atoms with Gasteiger partial charge in [-0.3, -0.25) is 9.67 Å². The maximum absolute atomic E-state index is 11.2. The standard InChI is InChI=1S/C27H33N7O2S/c1-15-11-19(14-37-15)23(17-7-9-36-10-8-17)34-20-12-18(22-16(2)29-31-33(22)6)13-28-21(20)24-25(34)26(27(3,4)35)30-32(24)5/h11-14,17,23,35H,7-10H2,1-6H3. The van der Waals surface area contributed by atoms with E-state index in [2.05, 4.69) is 39.3 Å². The van der Waals surface area contributed by atoms with Crippen molar-refractivity contribution >= 4 is 33.4 Å². The van der Waals surface area contributed by atoms with E-state index in [4.69, 9.17) is 14.8 Å². The van der Waals surface area contributed by atoms with Crippen molar-refractivity contribution in [1.82, 2.24) is 34.3 Å². The Morgan fingerprint density at radius 2 is 1.86 bits per heavy atom. The Balaban J connectivity index is 1.73. The van der Waals surface area contributed by atoms with Crippen LogP contribution in [0, 0.1) is 19.8 Å². The molecule has 6 heterocycles. The van der Waals surface area contributed by atoms with E-state index in [1.165, 1.54) is 10.4 Å². The number of aryl methyl sites for hydroxylation is 4. The summed E-state index contributed by atoms with van der Waals surface area (Å²) in [7, 11) is 3.84. The number of thiophene rings is 1. The van der Waals surface area contributed by atoms with E-state index in [0.717, 1.165) is 65.1 Å². The first-order valence-corrected chi connectivity index (χ1v) is 13.6. The number of pyridine rings is 1. The van der Waals surface area contributed by atoms with Gasteiger partial charge in [0.15, 0.2) is 0 Å². The van der Waals surface area contributed by atoms with Gasteiger partial charge < -0.3 is 14.4 Å². The first kappa shape index (κ1) is 24.3. The molecule has 0 saturated carbocycles. The minimum Gasteiger partial charge on any atom is -0.384 e. The Morgan fingerprint density at radius 3 is 2.49 bits per heavy atom. The number of hydrogen-bond donors (Lipinski definition) is 1. The van der Waals surface area contributed by atoms with Crippen LogP contribution < -0.4 is 0 Å². The quantitative estimate of drug-likeness (QED) is 0.363. The maximum atomic E-state index is 11.2. The second-order valence-corrected chi connectivity index (χ2v) is 11.8. The average Bonchev–Trinajstić information content (AvgIpc) is 3.60. The summed E-state index contributed by atoms with van der Waals surface area (Å²) >= 11 is 1.77. The van der Waals surface area contributed by atoms with Crippen molar-refractivity contribution in [3.8, 4) is 11.3 Å². The number of fused-ring (bicyclic) bond motifs is 3. The van der Waals surface area contributed by atoms with E-state index in [1.54, 1.807) is 29.9 Å². The Labute approximate surface area is 219 Å². The lowest BCUT2D eigenvalue weighted by Gasteiger charge is -2.33. The third-order valence-electron chi connectivity index (χ3n) is 7.55. The van der Waals surface area contributed by atoms with Crippen LogP contribution in [-0.2, 0) is 24.4 Å². The second kappa shape index (κ2) is 8.75. The van der Waals surface area contributed by atoms with E-state index in [0.29, 0.717) is 11.6 Å². The minimum absolute atomic E-state index is 0.0574. The molecule has 1 atom stereocenters. The van der Waals surface area contributed by atoms with E-state index in [9.17, 15) is 5.11 Å². The van der Waals surface area contributed by atoms with E-state index in [1.807, 2.05) is 31.9 Å². The van der Waals surface area contributed by atoms with Gasteiger partial charge in [-0.15, -0.1) is 16.4 Å². The monoisotopic (exact) mass is 519 g/mol. The molecule has 1 unspecified atom stereocenters. The largest absolute Gasteiger partial charge is 0.384 e. The van der Waals surface area contributed by atoms with E-state index < -0.39 is 5.60 Å². The van der Waals surface area contributed by atoms with Gasteiger partial charge in [0, 0.05) is 43.9 Å². The molecule has 1 aliphatic heterocycles. The lowest BCUT2D eigenvalue weighted by atomic mass is 9.87. The third kappa shape index (κ3) is 3.89. The molecule has 1 N–H and O–H groups in total. The molecular formula is C27H33N7O2S. The summed E-state index contributed by atoms with van der Waals surface area (Å²) in [5.41, 5.74) is 7.36. The lowest BCUT2D eigenvalue weighted by molar-refractivity contribution is 0.0548. The van der Waals surface area contributed by atoms with Gasteiger partial charge in [0.1, 0.15) is 22.3 Å². The van der Waals surface area contributed by atoms with Gasteiger partial charge in [0.25, 0.3) is 0 Å². The van der Waals surface area contributed by atoms with Crippen LogP contribution in [0.1, 0.15) is 54.6 Å². The van der Waals surface area contributed by atoms with Crippen LogP contribution in [0.4, 0.5) is 0 Å². The highest BCUT2D eigenvalue weighted by atomic mass is 32.1. The van der Waals surface area contributed by atoms with Crippen molar-refractivity contribution in [2.24, 2.45) is 20.0 Å². The van der Waals surface area contributed by atoms with Crippen LogP contribution >= 0.6 is 11.3 Å². The number of ether oxygens (including phenoxy) is 1. The fourth-order valence-electron chi connectivity index (χ4n) is 5.92. The molecule has 6 rings (SSSR count). The summed E-state index contributed by atoms with van der Waals surface area (Å²) in [5, 5.41) is 26.8. The predicted molar refractivity (Wildman–Crippen MR) is 145 cm³/mol. The van der Waals surface area contributed by atoms with Crippen molar-refractivity contribution in [3.63, 3.8) is 0 Å². The summed E-state index contributed by atoms with van der Waals surface area (Å²) in [6.45, 7) is 9.24. The summed E-state index contributed by atoms with van der Waals surface area (Å²) in [4.78, 5) is 6.28. The van der Waals surface area contributed by atoms with E-state index in [-0.39, 0.29) is 6.04 Å². The van der Waals surface area contributed by atoms with Crippen LogP contribution in [0.5, 0.6) is 0 Å².